The number of amides is 1. The van der Waals surface area contributed by atoms with E-state index in [0.717, 1.165) is 17.7 Å². The Balaban J connectivity index is 1.33. The van der Waals surface area contributed by atoms with E-state index in [4.69, 9.17) is 14.2 Å². The Morgan fingerprint density at radius 2 is 2.17 bits per heavy atom. The fourth-order valence-electron chi connectivity index (χ4n) is 3.29. The van der Waals surface area contributed by atoms with Crippen molar-refractivity contribution in [1.82, 2.24) is 10.3 Å². The number of hydrogen-bond acceptors (Lipinski definition) is 5. The zero-order valence-electron chi connectivity index (χ0n) is 16.6. The predicted octanol–water partition coefficient (Wildman–Crippen LogP) is 3.42. The number of fused-ring (bicyclic) bond motifs is 1. The molecule has 0 bridgehead atoms. The highest BCUT2D eigenvalue weighted by atomic mass is 19.1. The highest BCUT2D eigenvalue weighted by molar-refractivity contribution is 5.73. The molecule has 7 heteroatoms. The smallest absolute Gasteiger partial charge is 0.217 e. The first-order chi connectivity index (χ1) is 14.0. The molecule has 2 aromatic rings. The lowest BCUT2D eigenvalue weighted by molar-refractivity contribution is -0.120. The van der Waals surface area contributed by atoms with Gasteiger partial charge < -0.3 is 19.5 Å². The first-order valence-electron chi connectivity index (χ1n) is 9.94. The van der Waals surface area contributed by atoms with Crippen LogP contribution in [0.3, 0.4) is 0 Å². The first kappa shape index (κ1) is 19.5. The molecule has 29 heavy (non-hydrogen) atoms. The van der Waals surface area contributed by atoms with E-state index in [1.54, 1.807) is 6.07 Å². The number of carbonyl (C=O) groups excluding carboxylic acids is 1. The van der Waals surface area contributed by atoms with E-state index in [9.17, 15) is 9.18 Å². The standard InChI is InChI=1S/C22H25FN2O4/c1-13(25-14(2)26)20-7-16-5-6-18(8-21(16)29-20)27-12-17-10-24-22(9-19(17)23)28-11-15-3-4-15/h5-6,8-10,13,15,20H,3-4,7,11-12H2,1-2H3,(H,25,26)/t13-,20-/m0/s1. The topological polar surface area (TPSA) is 69.7 Å². The van der Waals surface area contributed by atoms with E-state index in [2.05, 4.69) is 10.3 Å². The van der Waals surface area contributed by atoms with Gasteiger partial charge in [0.15, 0.2) is 0 Å². The summed E-state index contributed by atoms with van der Waals surface area (Å²) in [5.41, 5.74) is 1.42. The van der Waals surface area contributed by atoms with Gasteiger partial charge >= 0.3 is 0 Å². The molecule has 1 amide bonds. The summed E-state index contributed by atoms with van der Waals surface area (Å²) in [5.74, 6) is 1.74. The molecule has 0 unspecified atom stereocenters. The van der Waals surface area contributed by atoms with E-state index >= 15 is 0 Å². The molecule has 4 rings (SSSR count). The molecule has 2 aliphatic rings. The van der Waals surface area contributed by atoms with Crippen LogP contribution in [0.1, 0.15) is 37.8 Å². The normalized spacial score (nSPS) is 18.5. The average Bonchev–Trinajstić information content (AvgIpc) is 3.41. The summed E-state index contributed by atoms with van der Waals surface area (Å²) < 4.78 is 31.5. The number of carbonyl (C=O) groups is 1. The summed E-state index contributed by atoms with van der Waals surface area (Å²) in [6.07, 6.45) is 4.40. The van der Waals surface area contributed by atoms with Crippen molar-refractivity contribution >= 4 is 5.91 Å². The van der Waals surface area contributed by atoms with E-state index in [-0.39, 0.29) is 24.7 Å². The highest BCUT2D eigenvalue weighted by Gasteiger charge is 2.28. The Labute approximate surface area is 169 Å². The summed E-state index contributed by atoms with van der Waals surface area (Å²) in [6.45, 7) is 4.07. The van der Waals surface area contributed by atoms with Gasteiger partial charge in [-0.15, -0.1) is 0 Å². The Morgan fingerprint density at radius 1 is 1.34 bits per heavy atom. The number of ether oxygens (including phenoxy) is 3. The highest BCUT2D eigenvalue weighted by Crippen LogP contribution is 2.34. The third kappa shape index (κ3) is 4.96. The van der Waals surface area contributed by atoms with Gasteiger partial charge in [-0.05, 0) is 37.3 Å². The lowest BCUT2D eigenvalue weighted by Crippen LogP contribution is -2.42. The second kappa shape index (κ2) is 8.27. The first-order valence-corrected chi connectivity index (χ1v) is 9.94. The fourth-order valence-corrected chi connectivity index (χ4v) is 3.29. The maximum atomic E-state index is 14.3. The maximum Gasteiger partial charge on any atom is 0.217 e. The van der Waals surface area contributed by atoms with Crippen molar-refractivity contribution in [3.05, 3.63) is 47.4 Å². The maximum absolute atomic E-state index is 14.3. The van der Waals surface area contributed by atoms with Crippen LogP contribution in [0.2, 0.25) is 0 Å². The Kier molecular flexibility index (Phi) is 5.56. The van der Waals surface area contributed by atoms with Crippen LogP contribution in [0, 0.1) is 11.7 Å². The molecule has 154 valence electrons. The van der Waals surface area contributed by atoms with E-state index in [0.29, 0.717) is 29.7 Å². The number of nitrogens with one attached hydrogen (secondary N) is 1. The van der Waals surface area contributed by atoms with Gasteiger partial charge in [-0.3, -0.25) is 4.79 Å². The second-order valence-electron chi connectivity index (χ2n) is 7.78. The van der Waals surface area contributed by atoms with E-state index in [1.807, 2.05) is 19.1 Å². The fraction of sp³-hybridized carbons (Fsp3) is 0.455. The zero-order valence-corrected chi connectivity index (χ0v) is 16.6. The summed E-state index contributed by atoms with van der Waals surface area (Å²) >= 11 is 0. The Hall–Kier alpha value is -2.83. The van der Waals surface area contributed by atoms with E-state index in [1.165, 1.54) is 32.0 Å². The van der Waals surface area contributed by atoms with Gasteiger partial charge in [-0.1, -0.05) is 6.07 Å². The second-order valence-corrected chi connectivity index (χ2v) is 7.78. The summed E-state index contributed by atoms with van der Waals surface area (Å²) in [6, 6.07) is 6.79. The van der Waals surface area contributed by atoms with Gasteiger partial charge in [0, 0.05) is 37.2 Å². The Bertz CT molecular complexity index is 900. The van der Waals surface area contributed by atoms with Crippen molar-refractivity contribution in [2.45, 2.75) is 51.9 Å². The summed E-state index contributed by atoms with van der Waals surface area (Å²) in [5, 5.41) is 2.86. The molecule has 1 aliphatic heterocycles. The lowest BCUT2D eigenvalue weighted by Gasteiger charge is -2.19. The van der Waals surface area contributed by atoms with Gasteiger partial charge in [0.2, 0.25) is 11.8 Å². The van der Waals surface area contributed by atoms with Gasteiger partial charge in [-0.2, -0.15) is 0 Å². The predicted molar refractivity (Wildman–Crippen MR) is 105 cm³/mol. The number of benzene rings is 1. The molecule has 1 aliphatic carbocycles. The van der Waals surface area contributed by atoms with Crippen molar-refractivity contribution in [2.75, 3.05) is 6.61 Å². The molecular formula is C22H25FN2O4. The van der Waals surface area contributed by atoms with E-state index < -0.39 is 5.82 Å². The Morgan fingerprint density at radius 3 is 2.90 bits per heavy atom. The lowest BCUT2D eigenvalue weighted by atomic mass is 10.1. The van der Waals surface area contributed by atoms with Crippen LogP contribution in [0.15, 0.2) is 30.5 Å². The molecule has 0 saturated heterocycles. The molecule has 6 nitrogen and oxygen atoms in total. The van der Waals surface area contributed by atoms with Crippen LogP contribution in [0.4, 0.5) is 4.39 Å². The largest absolute Gasteiger partial charge is 0.489 e. The van der Waals surface area contributed by atoms with Crippen molar-refractivity contribution < 1.29 is 23.4 Å². The summed E-state index contributed by atoms with van der Waals surface area (Å²) in [7, 11) is 0. The SMILES string of the molecule is CC(=O)N[C@@H](C)[C@@H]1Cc2ccc(OCc3cnc(OCC4CC4)cc3F)cc2O1. The molecule has 1 N–H and O–H groups in total. The molecule has 1 saturated carbocycles. The third-order valence-electron chi connectivity index (χ3n) is 5.19. The molecule has 2 atom stereocenters. The van der Waals surface area contributed by atoms with Crippen LogP contribution in [0.25, 0.3) is 0 Å². The number of aromatic nitrogens is 1. The van der Waals surface area contributed by atoms with Gasteiger partial charge in [-0.25, -0.2) is 9.37 Å². The number of halogens is 1. The van der Waals surface area contributed by atoms with Crippen molar-refractivity contribution in [3.8, 4) is 17.4 Å². The number of pyridine rings is 1. The minimum absolute atomic E-state index is 0.0618. The van der Waals surface area contributed by atoms with Crippen LogP contribution in [-0.4, -0.2) is 29.6 Å². The minimum atomic E-state index is -0.396. The molecular weight excluding hydrogens is 375 g/mol. The number of rotatable bonds is 8. The zero-order chi connectivity index (χ0) is 20.4. The van der Waals surface area contributed by atoms with Gasteiger partial charge in [0.05, 0.1) is 12.6 Å². The molecule has 0 radical (unpaired) electrons. The van der Waals surface area contributed by atoms with Crippen molar-refractivity contribution in [2.24, 2.45) is 5.92 Å². The van der Waals surface area contributed by atoms with Crippen LogP contribution in [0.5, 0.6) is 17.4 Å². The third-order valence-corrected chi connectivity index (χ3v) is 5.19. The monoisotopic (exact) mass is 400 g/mol. The van der Waals surface area contributed by atoms with Crippen molar-refractivity contribution in [3.63, 3.8) is 0 Å². The van der Waals surface area contributed by atoms with Crippen LogP contribution < -0.4 is 19.5 Å². The minimum Gasteiger partial charge on any atom is -0.489 e. The molecule has 0 spiro atoms. The molecule has 2 heterocycles. The van der Waals surface area contributed by atoms with Gasteiger partial charge in [0.1, 0.15) is 30.0 Å². The molecule has 1 aromatic heterocycles. The number of hydrogen-bond donors (Lipinski definition) is 1. The van der Waals surface area contributed by atoms with Gasteiger partial charge in [0.25, 0.3) is 0 Å². The van der Waals surface area contributed by atoms with Crippen molar-refractivity contribution in [1.29, 1.82) is 0 Å². The summed E-state index contributed by atoms with van der Waals surface area (Å²) in [4.78, 5) is 15.4. The average molecular weight is 400 g/mol. The molecule has 1 aromatic carbocycles. The quantitative estimate of drug-likeness (QED) is 0.735. The molecule has 1 fully saturated rings. The number of nitrogens with zero attached hydrogens (tertiary/aromatic N) is 1. The van der Waals surface area contributed by atoms with Crippen LogP contribution in [-0.2, 0) is 17.8 Å². The van der Waals surface area contributed by atoms with Crippen LogP contribution >= 0.6 is 0 Å².